The van der Waals surface area contributed by atoms with E-state index in [4.69, 9.17) is 9.47 Å². The van der Waals surface area contributed by atoms with Crippen LogP contribution in [-0.4, -0.2) is 55.5 Å². The minimum Gasteiger partial charge on any atom is -0.495 e. The highest BCUT2D eigenvalue weighted by atomic mass is 16.5. The fraction of sp³-hybridized carbons (Fsp3) is 0.609. The first-order valence-electron chi connectivity index (χ1n) is 10.7. The number of ether oxygens (including phenoxy) is 2. The van der Waals surface area contributed by atoms with Gasteiger partial charge in [0.2, 0.25) is 5.91 Å². The fourth-order valence-corrected chi connectivity index (χ4v) is 4.37. The van der Waals surface area contributed by atoms with Crippen LogP contribution in [0.15, 0.2) is 18.2 Å². The summed E-state index contributed by atoms with van der Waals surface area (Å²) >= 11 is 0. The third-order valence-electron chi connectivity index (χ3n) is 6.19. The van der Waals surface area contributed by atoms with Crippen molar-refractivity contribution in [3.8, 4) is 5.75 Å². The van der Waals surface area contributed by atoms with E-state index in [0.717, 1.165) is 31.2 Å². The monoisotopic (exact) mass is 416 g/mol. The molecule has 0 radical (unpaired) electrons. The van der Waals surface area contributed by atoms with E-state index in [9.17, 15) is 14.4 Å². The lowest BCUT2D eigenvalue weighted by atomic mass is 9.94. The second-order valence-electron chi connectivity index (χ2n) is 8.40. The van der Waals surface area contributed by atoms with E-state index >= 15 is 0 Å². The highest BCUT2D eigenvalue weighted by molar-refractivity contribution is 6.00. The van der Waals surface area contributed by atoms with Gasteiger partial charge in [-0.25, -0.2) is 0 Å². The number of amides is 2. The van der Waals surface area contributed by atoms with E-state index in [1.165, 1.54) is 6.42 Å². The topological polar surface area (TPSA) is 76.2 Å². The smallest absolute Gasteiger partial charge is 0.312 e. The van der Waals surface area contributed by atoms with Crippen LogP contribution >= 0.6 is 0 Å². The molecule has 164 valence electrons. The maximum atomic E-state index is 12.7. The van der Waals surface area contributed by atoms with E-state index in [1.807, 2.05) is 25.1 Å². The Hall–Kier alpha value is -2.57. The zero-order chi connectivity index (χ0) is 21.8. The van der Waals surface area contributed by atoms with Gasteiger partial charge < -0.3 is 19.3 Å². The average Bonchev–Trinajstić information content (AvgIpc) is 3.14. The van der Waals surface area contributed by atoms with E-state index in [2.05, 4.69) is 0 Å². The highest BCUT2D eigenvalue weighted by Crippen LogP contribution is 2.34. The molecule has 1 saturated heterocycles. The first-order valence-corrected chi connectivity index (χ1v) is 10.7. The Balaban J connectivity index is 1.61. The molecule has 1 aromatic rings. The third kappa shape index (κ3) is 4.77. The van der Waals surface area contributed by atoms with E-state index in [1.54, 1.807) is 30.9 Å². The second-order valence-corrected chi connectivity index (χ2v) is 8.40. The van der Waals surface area contributed by atoms with Crippen LogP contribution in [0, 0.1) is 12.8 Å². The number of carbonyl (C=O) groups excluding carboxylic acids is 3. The Bertz CT molecular complexity index is 803. The molecule has 1 saturated carbocycles. The minimum atomic E-state index is -0.859. The molecule has 3 rings (SSSR count). The van der Waals surface area contributed by atoms with Crippen molar-refractivity contribution in [2.45, 2.75) is 64.5 Å². The lowest BCUT2D eigenvalue weighted by Crippen LogP contribution is -2.44. The summed E-state index contributed by atoms with van der Waals surface area (Å²) in [7, 11) is 3.34. The summed E-state index contributed by atoms with van der Waals surface area (Å²) in [6.07, 6.45) is 4.65. The predicted octanol–water partition coefficient (Wildman–Crippen LogP) is 3.08. The molecule has 1 heterocycles. The summed E-state index contributed by atoms with van der Waals surface area (Å²) in [6.45, 7) is 3.76. The largest absolute Gasteiger partial charge is 0.495 e. The Morgan fingerprint density at radius 1 is 1.20 bits per heavy atom. The number of hydrogen-bond donors (Lipinski definition) is 0. The molecule has 7 heteroatoms. The van der Waals surface area contributed by atoms with E-state index < -0.39 is 18.0 Å². The third-order valence-corrected chi connectivity index (χ3v) is 6.19. The number of anilines is 1. The SMILES string of the molecule is COc1ccc(C)cc1N1CC(C(=O)OC(C)C(=O)N(C)C2CCCCC2)CC1=O. The van der Waals surface area contributed by atoms with Crippen LogP contribution < -0.4 is 9.64 Å². The van der Waals surface area contributed by atoms with Gasteiger partial charge >= 0.3 is 5.97 Å². The molecular formula is C23H32N2O5. The summed E-state index contributed by atoms with van der Waals surface area (Å²) in [6, 6.07) is 5.80. The van der Waals surface area contributed by atoms with Crippen LogP contribution in [0.4, 0.5) is 5.69 Å². The van der Waals surface area contributed by atoms with Crippen LogP contribution in [0.2, 0.25) is 0 Å². The first-order chi connectivity index (χ1) is 14.3. The number of methoxy groups -OCH3 is 1. The van der Waals surface area contributed by atoms with E-state index in [0.29, 0.717) is 11.4 Å². The maximum absolute atomic E-state index is 12.7. The Labute approximate surface area is 178 Å². The van der Waals surface area contributed by atoms with Gasteiger partial charge in [0.1, 0.15) is 5.75 Å². The first kappa shape index (κ1) is 22.1. The lowest BCUT2D eigenvalue weighted by molar-refractivity contribution is -0.162. The summed E-state index contributed by atoms with van der Waals surface area (Å²) in [5.74, 6) is -0.857. The molecule has 2 atom stereocenters. The number of esters is 1. The normalized spacial score (nSPS) is 20.7. The second kappa shape index (κ2) is 9.49. The van der Waals surface area contributed by atoms with Gasteiger partial charge in [-0.05, 0) is 44.4 Å². The number of aryl methyl sites for hydroxylation is 1. The van der Waals surface area contributed by atoms with Crippen molar-refractivity contribution in [2.75, 3.05) is 25.6 Å². The maximum Gasteiger partial charge on any atom is 0.312 e. The van der Waals surface area contributed by atoms with Gasteiger partial charge in [0.15, 0.2) is 6.10 Å². The standard InChI is InChI=1S/C23H32N2O5/c1-15-10-11-20(29-4)19(12-15)25-14-17(13-21(25)26)23(28)30-16(2)22(27)24(3)18-8-6-5-7-9-18/h10-12,16-18H,5-9,13-14H2,1-4H3. The van der Waals surface area contributed by atoms with Crippen molar-refractivity contribution in [2.24, 2.45) is 5.92 Å². The molecular weight excluding hydrogens is 384 g/mol. The van der Waals surface area contributed by atoms with Crippen molar-refractivity contribution < 1.29 is 23.9 Å². The van der Waals surface area contributed by atoms with Crippen molar-refractivity contribution in [1.82, 2.24) is 4.90 Å². The molecule has 2 fully saturated rings. The van der Waals surface area contributed by atoms with Crippen LogP contribution in [0.5, 0.6) is 5.75 Å². The molecule has 2 amide bonds. The molecule has 0 spiro atoms. The van der Waals surface area contributed by atoms with Crippen LogP contribution in [0.25, 0.3) is 0 Å². The van der Waals surface area contributed by atoms with Crippen LogP contribution in [-0.2, 0) is 19.1 Å². The Kier molecular flexibility index (Phi) is 7.00. The molecule has 1 aliphatic carbocycles. The average molecular weight is 417 g/mol. The van der Waals surface area contributed by atoms with Gasteiger partial charge in [-0.1, -0.05) is 25.3 Å². The summed E-state index contributed by atoms with van der Waals surface area (Å²) in [5.41, 5.74) is 1.65. The molecule has 1 aliphatic heterocycles. The van der Waals surface area contributed by atoms with Gasteiger partial charge in [0, 0.05) is 26.1 Å². The van der Waals surface area contributed by atoms with Crippen molar-refractivity contribution in [1.29, 1.82) is 0 Å². The van der Waals surface area contributed by atoms with E-state index in [-0.39, 0.29) is 30.8 Å². The summed E-state index contributed by atoms with van der Waals surface area (Å²) < 4.78 is 10.9. The number of benzene rings is 1. The molecule has 1 aromatic carbocycles. The van der Waals surface area contributed by atoms with Gasteiger partial charge in [-0.2, -0.15) is 0 Å². The Morgan fingerprint density at radius 3 is 2.57 bits per heavy atom. The number of likely N-dealkylation sites (N-methyl/N-ethyl adjacent to an activating group) is 1. The number of rotatable bonds is 6. The predicted molar refractivity (Wildman–Crippen MR) is 113 cm³/mol. The molecule has 2 aliphatic rings. The fourth-order valence-electron chi connectivity index (χ4n) is 4.37. The number of hydrogen-bond acceptors (Lipinski definition) is 5. The summed E-state index contributed by atoms with van der Waals surface area (Å²) in [5, 5.41) is 0. The van der Waals surface area contributed by atoms with Crippen LogP contribution in [0.3, 0.4) is 0 Å². The van der Waals surface area contributed by atoms with Crippen molar-refractivity contribution in [3.05, 3.63) is 23.8 Å². The zero-order valence-corrected chi connectivity index (χ0v) is 18.3. The van der Waals surface area contributed by atoms with Gasteiger partial charge in [0.25, 0.3) is 5.91 Å². The molecule has 0 bridgehead atoms. The highest BCUT2D eigenvalue weighted by Gasteiger charge is 2.39. The Morgan fingerprint density at radius 2 is 1.90 bits per heavy atom. The number of carbonyl (C=O) groups is 3. The summed E-state index contributed by atoms with van der Waals surface area (Å²) in [4.78, 5) is 41.3. The van der Waals surface area contributed by atoms with Gasteiger partial charge in [-0.15, -0.1) is 0 Å². The molecule has 7 nitrogen and oxygen atoms in total. The molecule has 0 aromatic heterocycles. The molecule has 30 heavy (non-hydrogen) atoms. The zero-order valence-electron chi connectivity index (χ0n) is 18.3. The molecule has 0 N–H and O–H groups in total. The minimum absolute atomic E-state index is 0.0648. The van der Waals surface area contributed by atoms with Gasteiger partial charge in [-0.3, -0.25) is 14.4 Å². The molecule has 2 unspecified atom stereocenters. The van der Waals surface area contributed by atoms with Gasteiger partial charge in [0.05, 0.1) is 18.7 Å². The lowest BCUT2D eigenvalue weighted by Gasteiger charge is -2.32. The van der Waals surface area contributed by atoms with Crippen LogP contribution in [0.1, 0.15) is 51.0 Å². The quantitative estimate of drug-likeness (QED) is 0.666. The number of nitrogens with zero attached hydrogens (tertiary/aromatic N) is 2. The van der Waals surface area contributed by atoms with Crippen molar-refractivity contribution >= 4 is 23.5 Å². The van der Waals surface area contributed by atoms with Crippen molar-refractivity contribution in [3.63, 3.8) is 0 Å².